The lowest BCUT2D eigenvalue weighted by Crippen LogP contribution is -2.40. The van der Waals surface area contributed by atoms with Gasteiger partial charge in [0.2, 0.25) is 0 Å². The lowest BCUT2D eigenvalue weighted by atomic mass is 9.79. The zero-order chi connectivity index (χ0) is 18.3. The van der Waals surface area contributed by atoms with Crippen molar-refractivity contribution in [3.63, 3.8) is 0 Å². The van der Waals surface area contributed by atoms with Gasteiger partial charge >= 0.3 is 0 Å². The third-order valence-electron chi connectivity index (χ3n) is 5.92. The molecule has 2 aliphatic rings. The molecular weight excluding hydrogens is 354 g/mol. The number of halogens is 1. The smallest absolute Gasteiger partial charge is 0.138 e. The van der Waals surface area contributed by atoms with Gasteiger partial charge in [0.25, 0.3) is 0 Å². The standard InChI is InChI=1S/C24H22ClNO/c25-21-15-13-18(14-16-21)23-26-17-7-12-22(26)24(27-23,19-8-3-1-4-9-19)20-10-5-2-6-11-20/h1-6,8-11,13-16,22-23H,7,12,17H2/t22-,23-/m0/s1. The van der Waals surface area contributed by atoms with Gasteiger partial charge < -0.3 is 4.74 Å². The van der Waals surface area contributed by atoms with Gasteiger partial charge in [0.05, 0.1) is 6.04 Å². The molecule has 0 radical (unpaired) electrons. The maximum absolute atomic E-state index is 7.00. The zero-order valence-corrected chi connectivity index (χ0v) is 15.8. The topological polar surface area (TPSA) is 12.5 Å². The molecule has 136 valence electrons. The summed E-state index contributed by atoms with van der Waals surface area (Å²) in [4.78, 5) is 2.53. The van der Waals surface area contributed by atoms with Crippen molar-refractivity contribution in [1.29, 1.82) is 0 Å². The van der Waals surface area contributed by atoms with E-state index in [1.54, 1.807) is 0 Å². The monoisotopic (exact) mass is 375 g/mol. The van der Waals surface area contributed by atoms with Crippen molar-refractivity contribution < 1.29 is 4.74 Å². The number of nitrogens with zero attached hydrogens (tertiary/aromatic N) is 1. The normalized spacial score (nSPS) is 24.0. The Balaban J connectivity index is 1.68. The Labute approximate surface area is 165 Å². The number of fused-ring (bicyclic) bond motifs is 1. The molecule has 0 saturated carbocycles. The summed E-state index contributed by atoms with van der Waals surface area (Å²) >= 11 is 6.12. The molecule has 0 unspecified atom stereocenters. The van der Waals surface area contributed by atoms with Crippen molar-refractivity contribution in [3.05, 3.63) is 107 Å². The predicted octanol–water partition coefficient (Wildman–Crippen LogP) is 5.78. The number of rotatable bonds is 3. The summed E-state index contributed by atoms with van der Waals surface area (Å²) in [6.07, 6.45) is 2.27. The van der Waals surface area contributed by atoms with Crippen molar-refractivity contribution in [3.8, 4) is 0 Å². The van der Waals surface area contributed by atoms with Gasteiger partial charge in [-0.25, -0.2) is 0 Å². The lowest BCUT2D eigenvalue weighted by Gasteiger charge is -2.34. The first-order valence-corrected chi connectivity index (χ1v) is 9.97. The second-order valence-corrected chi connectivity index (χ2v) is 7.82. The molecule has 0 N–H and O–H groups in total. The summed E-state index contributed by atoms with van der Waals surface area (Å²) in [5.41, 5.74) is 3.16. The number of ether oxygens (including phenoxy) is 1. The highest BCUT2D eigenvalue weighted by atomic mass is 35.5. The van der Waals surface area contributed by atoms with Gasteiger partial charge in [0.15, 0.2) is 0 Å². The molecule has 2 heterocycles. The Kier molecular flexibility index (Phi) is 4.28. The van der Waals surface area contributed by atoms with Crippen molar-refractivity contribution in [2.24, 2.45) is 0 Å². The van der Waals surface area contributed by atoms with Gasteiger partial charge in [-0.3, -0.25) is 4.90 Å². The van der Waals surface area contributed by atoms with E-state index in [2.05, 4.69) is 77.7 Å². The number of hydrogen-bond acceptors (Lipinski definition) is 2. The fraction of sp³-hybridized carbons (Fsp3) is 0.250. The minimum Gasteiger partial charge on any atom is -0.341 e. The maximum Gasteiger partial charge on any atom is 0.138 e. The molecule has 0 amide bonds. The molecule has 3 aromatic rings. The van der Waals surface area contributed by atoms with Crippen LogP contribution in [0.15, 0.2) is 84.9 Å². The molecule has 27 heavy (non-hydrogen) atoms. The van der Waals surface area contributed by atoms with E-state index in [9.17, 15) is 0 Å². The Morgan fingerprint density at radius 1 is 0.815 bits per heavy atom. The second kappa shape index (κ2) is 6.79. The molecule has 2 saturated heterocycles. The van der Waals surface area contributed by atoms with Crippen LogP contribution in [0.3, 0.4) is 0 Å². The molecule has 0 bridgehead atoms. The molecule has 2 aliphatic heterocycles. The Hall–Kier alpha value is -2.13. The average Bonchev–Trinajstić information content (AvgIpc) is 3.32. The molecule has 2 fully saturated rings. The highest BCUT2D eigenvalue weighted by Gasteiger charge is 2.57. The van der Waals surface area contributed by atoms with Crippen molar-refractivity contribution >= 4 is 11.6 Å². The van der Waals surface area contributed by atoms with Gasteiger partial charge in [-0.2, -0.15) is 0 Å². The highest BCUT2D eigenvalue weighted by Crippen LogP contribution is 2.54. The van der Waals surface area contributed by atoms with Gasteiger partial charge in [0, 0.05) is 11.6 Å². The summed E-state index contributed by atoms with van der Waals surface area (Å²) in [7, 11) is 0. The summed E-state index contributed by atoms with van der Waals surface area (Å²) in [6.45, 7) is 1.05. The molecule has 0 aliphatic carbocycles. The lowest BCUT2D eigenvalue weighted by molar-refractivity contribution is -0.0465. The van der Waals surface area contributed by atoms with Crippen molar-refractivity contribution in [2.75, 3.05) is 6.54 Å². The molecular formula is C24H22ClNO. The van der Waals surface area contributed by atoms with Crippen molar-refractivity contribution in [2.45, 2.75) is 30.7 Å². The van der Waals surface area contributed by atoms with E-state index in [1.807, 2.05) is 12.1 Å². The van der Waals surface area contributed by atoms with Crippen LogP contribution < -0.4 is 0 Å². The van der Waals surface area contributed by atoms with E-state index in [0.717, 1.165) is 18.0 Å². The van der Waals surface area contributed by atoms with E-state index < -0.39 is 5.60 Å². The highest BCUT2D eigenvalue weighted by molar-refractivity contribution is 6.30. The predicted molar refractivity (Wildman–Crippen MR) is 109 cm³/mol. The van der Waals surface area contributed by atoms with E-state index >= 15 is 0 Å². The van der Waals surface area contributed by atoms with Crippen LogP contribution in [-0.2, 0) is 10.3 Å². The molecule has 5 rings (SSSR count). The first-order valence-electron chi connectivity index (χ1n) is 9.59. The van der Waals surface area contributed by atoms with Crippen LogP contribution in [0, 0.1) is 0 Å². The van der Waals surface area contributed by atoms with E-state index in [-0.39, 0.29) is 6.23 Å². The molecule has 0 aromatic heterocycles. The van der Waals surface area contributed by atoms with Crippen LogP contribution in [0.4, 0.5) is 0 Å². The van der Waals surface area contributed by atoms with Crippen LogP contribution in [-0.4, -0.2) is 17.5 Å². The molecule has 0 spiro atoms. The Bertz CT molecular complexity index is 871. The second-order valence-electron chi connectivity index (χ2n) is 7.39. The Morgan fingerprint density at radius 2 is 1.41 bits per heavy atom. The van der Waals surface area contributed by atoms with Crippen LogP contribution in [0.5, 0.6) is 0 Å². The van der Waals surface area contributed by atoms with E-state index in [0.29, 0.717) is 6.04 Å². The van der Waals surface area contributed by atoms with Gasteiger partial charge in [-0.05, 0) is 41.7 Å². The number of benzene rings is 3. The minimum absolute atomic E-state index is 0.0600. The van der Waals surface area contributed by atoms with E-state index in [1.165, 1.54) is 23.1 Å². The van der Waals surface area contributed by atoms with Gasteiger partial charge in [-0.15, -0.1) is 0 Å². The molecule has 2 nitrogen and oxygen atoms in total. The third kappa shape index (κ3) is 2.71. The third-order valence-corrected chi connectivity index (χ3v) is 6.17. The SMILES string of the molecule is Clc1ccc([C@@H]2OC(c3ccccc3)(c3ccccc3)[C@@H]3CCCN32)cc1. The average molecular weight is 376 g/mol. The van der Waals surface area contributed by atoms with Crippen LogP contribution >= 0.6 is 11.6 Å². The summed E-state index contributed by atoms with van der Waals surface area (Å²) in [5.74, 6) is 0. The van der Waals surface area contributed by atoms with Gasteiger partial charge in [0.1, 0.15) is 11.8 Å². The summed E-state index contributed by atoms with van der Waals surface area (Å²) < 4.78 is 7.00. The Morgan fingerprint density at radius 3 is 2.00 bits per heavy atom. The summed E-state index contributed by atoms with van der Waals surface area (Å²) in [6, 6.07) is 29.8. The van der Waals surface area contributed by atoms with Crippen LogP contribution in [0.2, 0.25) is 5.02 Å². The minimum atomic E-state index is -0.455. The molecule has 2 atom stereocenters. The first kappa shape index (κ1) is 17.0. The molecule has 3 aromatic carbocycles. The molecule has 3 heteroatoms. The van der Waals surface area contributed by atoms with Crippen LogP contribution in [0.1, 0.15) is 35.8 Å². The first-order chi connectivity index (χ1) is 13.3. The van der Waals surface area contributed by atoms with Crippen molar-refractivity contribution in [1.82, 2.24) is 4.90 Å². The van der Waals surface area contributed by atoms with Gasteiger partial charge in [-0.1, -0.05) is 84.4 Å². The summed E-state index contributed by atoms with van der Waals surface area (Å²) in [5, 5.41) is 0.757. The van der Waals surface area contributed by atoms with E-state index in [4.69, 9.17) is 16.3 Å². The zero-order valence-electron chi connectivity index (χ0n) is 15.1. The quantitative estimate of drug-likeness (QED) is 0.575. The maximum atomic E-state index is 7.00. The fourth-order valence-corrected chi connectivity index (χ4v) is 4.90. The number of hydrogen-bond donors (Lipinski definition) is 0. The van der Waals surface area contributed by atoms with Crippen LogP contribution in [0.25, 0.3) is 0 Å². The fourth-order valence-electron chi connectivity index (χ4n) is 4.77. The largest absolute Gasteiger partial charge is 0.341 e.